The Bertz CT molecular complexity index is 1620. The summed E-state index contributed by atoms with van der Waals surface area (Å²) in [6.45, 7) is 5.56. The number of halogens is 3. The van der Waals surface area contributed by atoms with Crippen LogP contribution in [0.25, 0.3) is 16.9 Å². The Hall–Kier alpha value is -5.14. The van der Waals surface area contributed by atoms with Crippen molar-refractivity contribution in [1.29, 1.82) is 0 Å². The Morgan fingerprint density at radius 1 is 0.829 bits per heavy atom. The topological polar surface area (TPSA) is 128 Å². The highest BCUT2D eigenvalue weighted by molar-refractivity contribution is 5.96. The van der Waals surface area contributed by atoms with Crippen molar-refractivity contribution >= 4 is 5.91 Å². The highest BCUT2D eigenvalue weighted by atomic mass is 19.4. The number of nitrogens with zero attached hydrogens (tertiary/aromatic N) is 10. The third-order valence-electron chi connectivity index (χ3n) is 6.04. The molecule has 0 N–H and O–H groups in total. The van der Waals surface area contributed by atoms with E-state index in [0.29, 0.717) is 38.7 Å². The van der Waals surface area contributed by atoms with Crippen LogP contribution in [0.5, 0.6) is 0 Å². The van der Waals surface area contributed by atoms with Crippen LogP contribution in [0.2, 0.25) is 0 Å². The standard InChI is InChI=1S/C27H23F3N10O/c1-16-4-9-24(31-13-16)19-10-20(12-23(11-19)40-26(27(28,29)30)36-37-38-40)25(41)39(14-21-7-5-17(2)32-34-21)15-22-8-6-18(3)33-35-22/h4-13H,14-15H2,1-3H3. The Kier molecular flexibility index (Phi) is 7.46. The number of alkyl halides is 3. The predicted octanol–water partition coefficient (Wildman–Crippen LogP) is 4.09. The average molecular weight is 561 g/mol. The van der Waals surface area contributed by atoms with E-state index in [1.807, 2.05) is 13.0 Å². The molecular formula is C27H23F3N10O. The van der Waals surface area contributed by atoms with Crippen LogP contribution in [0.3, 0.4) is 0 Å². The highest BCUT2D eigenvalue weighted by Gasteiger charge is 2.38. The number of aromatic nitrogens is 9. The van der Waals surface area contributed by atoms with E-state index < -0.39 is 17.9 Å². The molecule has 0 bridgehead atoms. The molecule has 0 spiro atoms. The van der Waals surface area contributed by atoms with Crippen LogP contribution in [-0.4, -0.2) is 56.4 Å². The number of amides is 1. The number of carbonyl (C=O) groups is 1. The first kappa shape index (κ1) is 27.4. The van der Waals surface area contributed by atoms with E-state index in [1.165, 1.54) is 17.0 Å². The summed E-state index contributed by atoms with van der Waals surface area (Å²) in [7, 11) is 0. The molecule has 0 atom stereocenters. The Balaban J connectivity index is 1.61. The lowest BCUT2D eigenvalue weighted by atomic mass is 10.0. The Morgan fingerprint density at radius 2 is 1.49 bits per heavy atom. The number of aryl methyl sites for hydroxylation is 3. The minimum atomic E-state index is -4.83. The summed E-state index contributed by atoms with van der Waals surface area (Å²) < 4.78 is 41.6. The zero-order valence-corrected chi connectivity index (χ0v) is 22.2. The van der Waals surface area contributed by atoms with Gasteiger partial charge in [-0.3, -0.25) is 9.78 Å². The average Bonchev–Trinajstić information content (AvgIpc) is 3.46. The molecule has 1 aromatic carbocycles. The van der Waals surface area contributed by atoms with Gasteiger partial charge in [0.15, 0.2) is 0 Å². The zero-order valence-electron chi connectivity index (χ0n) is 22.2. The first-order valence-electron chi connectivity index (χ1n) is 12.4. The second-order valence-electron chi connectivity index (χ2n) is 9.39. The first-order valence-corrected chi connectivity index (χ1v) is 12.4. The van der Waals surface area contributed by atoms with Crippen molar-refractivity contribution in [2.24, 2.45) is 0 Å². The van der Waals surface area contributed by atoms with Gasteiger partial charge in [-0.25, -0.2) is 0 Å². The molecule has 1 amide bonds. The molecule has 0 aliphatic heterocycles. The molecule has 0 fully saturated rings. The van der Waals surface area contributed by atoms with Gasteiger partial charge < -0.3 is 4.90 Å². The lowest BCUT2D eigenvalue weighted by Gasteiger charge is -2.23. The van der Waals surface area contributed by atoms with E-state index in [-0.39, 0.29) is 24.3 Å². The van der Waals surface area contributed by atoms with Gasteiger partial charge in [-0.2, -0.15) is 38.2 Å². The van der Waals surface area contributed by atoms with Gasteiger partial charge in [0.05, 0.1) is 47.2 Å². The number of hydrogen-bond acceptors (Lipinski definition) is 9. The summed E-state index contributed by atoms with van der Waals surface area (Å²) in [5.74, 6) is -1.82. The summed E-state index contributed by atoms with van der Waals surface area (Å²) in [6, 6.07) is 14.9. The number of tetrazole rings is 1. The molecular weight excluding hydrogens is 537 g/mol. The van der Waals surface area contributed by atoms with Gasteiger partial charge in [-0.1, -0.05) is 6.07 Å². The highest BCUT2D eigenvalue weighted by Crippen LogP contribution is 2.30. The second kappa shape index (κ2) is 11.2. The largest absolute Gasteiger partial charge is 0.453 e. The molecule has 11 nitrogen and oxygen atoms in total. The van der Waals surface area contributed by atoms with Crippen molar-refractivity contribution in [3.63, 3.8) is 0 Å². The minimum absolute atomic E-state index is 0.0582. The van der Waals surface area contributed by atoms with Gasteiger partial charge in [0.25, 0.3) is 11.7 Å². The van der Waals surface area contributed by atoms with E-state index in [1.54, 1.807) is 56.4 Å². The van der Waals surface area contributed by atoms with Crippen molar-refractivity contribution in [1.82, 2.24) is 50.5 Å². The fourth-order valence-electron chi connectivity index (χ4n) is 3.98. The summed E-state index contributed by atoms with van der Waals surface area (Å²) in [4.78, 5) is 19.9. The normalized spacial score (nSPS) is 11.5. The molecule has 0 radical (unpaired) electrons. The van der Waals surface area contributed by atoms with Crippen LogP contribution in [0, 0.1) is 20.8 Å². The van der Waals surface area contributed by atoms with Crippen molar-refractivity contribution in [2.75, 3.05) is 0 Å². The molecule has 0 unspecified atom stereocenters. The Labute approximate surface area is 232 Å². The van der Waals surface area contributed by atoms with Crippen LogP contribution < -0.4 is 0 Å². The molecule has 4 heterocycles. The lowest BCUT2D eigenvalue weighted by Crippen LogP contribution is -2.31. The van der Waals surface area contributed by atoms with E-state index in [4.69, 9.17) is 0 Å². The van der Waals surface area contributed by atoms with Gasteiger partial charge in [0.2, 0.25) is 0 Å². The predicted molar refractivity (Wildman–Crippen MR) is 139 cm³/mol. The van der Waals surface area contributed by atoms with Crippen LogP contribution in [0.15, 0.2) is 60.8 Å². The number of rotatable bonds is 7. The minimum Gasteiger partial charge on any atom is -0.327 e. The molecule has 4 aromatic heterocycles. The maximum atomic E-state index is 14.1. The molecule has 208 valence electrons. The van der Waals surface area contributed by atoms with E-state index in [0.717, 1.165) is 5.56 Å². The summed E-state index contributed by atoms with van der Waals surface area (Å²) in [6.07, 6.45) is -3.20. The maximum Gasteiger partial charge on any atom is 0.453 e. The Morgan fingerprint density at radius 3 is 2.02 bits per heavy atom. The fraction of sp³-hybridized carbons (Fsp3) is 0.222. The van der Waals surface area contributed by atoms with Gasteiger partial charge in [0.1, 0.15) is 0 Å². The summed E-state index contributed by atoms with van der Waals surface area (Å²) in [5, 5.41) is 26.4. The van der Waals surface area contributed by atoms with Crippen molar-refractivity contribution in [3.05, 3.63) is 101 Å². The number of hydrogen-bond donors (Lipinski definition) is 0. The molecule has 0 saturated carbocycles. The smallest absolute Gasteiger partial charge is 0.327 e. The second-order valence-corrected chi connectivity index (χ2v) is 9.39. The lowest BCUT2D eigenvalue weighted by molar-refractivity contribution is -0.146. The molecule has 0 aliphatic carbocycles. The van der Waals surface area contributed by atoms with Crippen LogP contribution in [-0.2, 0) is 19.3 Å². The van der Waals surface area contributed by atoms with Crippen molar-refractivity contribution < 1.29 is 18.0 Å². The molecule has 0 aliphatic rings. The van der Waals surface area contributed by atoms with Gasteiger partial charge in [0, 0.05) is 17.3 Å². The molecule has 5 rings (SSSR count). The molecule has 14 heteroatoms. The maximum absolute atomic E-state index is 14.1. The van der Waals surface area contributed by atoms with Gasteiger partial charge >= 0.3 is 6.18 Å². The monoisotopic (exact) mass is 560 g/mol. The molecule has 0 saturated heterocycles. The van der Waals surface area contributed by atoms with Crippen LogP contribution in [0.4, 0.5) is 13.2 Å². The van der Waals surface area contributed by atoms with Crippen LogP contribution in [0.1, 0.15) is 44.5 Å². The van der Waals surface area contributed by atoms with Gasteiger partial charge in [-0.15, -0.1) is 5.10 Å². The molecule has 41 heavy (non-hydrogen) atoms. The summed E-state index contributed by atoms with van der Waals surface area (Å²) in [5.41, 5.74) is 4.22. The van der Waals surface area contributed by atoms with Crippen molar-refractivity contribution in [3.8, 4) is 16.9 Å². The van der Waals surface area contributed by atoms with E-state index in [9.17, 15) is 18.0 Å². The molecule has 5 aromatic rings. The number of carbonyl (C=O) groups excluding carboxylic acids is 1. The fourth-order valence-corrected chi connectivity index (χ4v) is 3.98. The zero-order chi connectivity index (χ0) is 29.1. The quantitative estimate of drug-likeness (QED) is 0.289. The van der Waals surface area contributed by atoms with Crippen molar-refractivity contribution in [2.45, 2.75) is 40.0 Å². The van der Waals surface area contributed by atoms with E-state index in [2.05, 4.69) is 40.9 Å². The third-order valence-corrected chi connectivity index (χ3v) is 6.04. The SMILES string of the molecule is Cc1ccc(-c2cc(C(=O)N(Cc3ccc(C)nn3)Cc3ccc(C)nn3)cc(-n3nnnc3C(F)(F)F)c2)nc1. The third kappa shape index (κ3) is 6.37. The van der Waals surface area contributed by atoms with E-state index >= 15 is 0 Å². The summed E-state index contributed by atoms with van der Waals surface area (Å²) >= 11 is 0. The van der Waals surface area contributed by atoms with Gasteiger partial charge in [-0.05, 0) is 85.3 Å². The number of pyridine rings is 1. The number of benzene rings is 1. The van der Waals surface area contributed by atoms with Crippen LogP contribution >= 0.6 is 0 Å². The first-order chi connectivity index (χ1) is 19.6.